The molecule has 0 spiro atoms. The first-order valence-corrected chi connectivity index (χ1v) is 11.4. The van der Waals surface area contributed by atoms with Crippen LogP contribution in [-0.4, -0.2) is 48.3 Å². The van der Waals surface area contributed by atoms with Gasteiger partial charge in [-0.15, -0.1) is 0 Å². The maximum Gasteiger partial charge on any atom is 0.252 e. The van der Waals surface area contributed by atoms with Crippen LogP contribution in [0.3, 0.4) is 0 Å². The third-order valence-electron chi connectivity index (χ3n) is 6.07. The maximum atomic E-state index is 14.7. The molecule has 2 aliphatic carbocycles. The Morgan fingerprint density at radius 2 is 1.97 bits per heavy atom. The zero-order chi connectivity index (χ0) is 23.4. The van der Waals surface area contributed by atoms with Crippen LogP contribution in [0.15, 0.2) is 18.3 Å². The summed E-state index contributed by atoms with van der Waals surface area (Å²) in [4.78, 5) is 20.8. The molecular formula is C23H31FN6O3. The van der Waals surface area contributed by atoms with Gasteiger partial charge < -0.3 is 31.6 Å². The number of hydrogen-bond donors (Lipinski definition) is 4. The van der Waals surface area contributed by atoms with Crippen molar-refractivity contribution in [3.05, 3.63) is 35.3 Å². The first-order chi connectivity index (χ1) is 16.0. The highest BCUT2D eigenvalue weighted by Crippen LogP contribution is 2.44. The number of pyridine rings is 2. The molecule has 0 bridgehead atoms. The van der Waals surface area contributed by atoms with Gasteiger partial charge in [-0.05, 0) is 43.7 Å². The number of ether oxygens (including phenoxy) is 2. The van der Waals surface area contributed by atoms with Gasteiger partial charge in [0.2, 0.25) is 5.88 Å². The van der Waals surface area contributed by atoms with Crippen molar-refractivity contribution in [2.24, 2.45) is 11.5 Å². The fourth-order valence-electron chi connectivity index (χ4n) is 4.09. The smallest absolute Gasteiger partial charge is 0.252 e. The normalized spacial score (nSPS) is 20.3. The van der Waals surface area contributed by atoms with Crippen LogP contribution in [0.5, 0.6) is 5.88 Å². The number of aromatic nitrogens is 2. The molecule has 33 heavy (non-hydrogen) atoms. The van der Waals surface area contributed by atoms with Crippen LogP contribution in [0, 0.1) is 5.82 Å². The van der Waals surface area contributed by atoms with E-state index in [4.69, 9.17) is 20.9 Å². The largest absolute Gasteiger partial charge is 0.475 e. The van der Waals surface area contributed by atoms with Crippen LogP contribution in [-0.2, 0) is 4.74 Å². The highest BCUT2D eigenvalue weighted by atomic mass is 19.1. The molecule has 6 N–H and O–H groups in total. The Kier molecular flexibility index (Phi) is 7.24. The number of nitrogens with zero attached hydrogens (tertiary/aromatic N) is 2. The van der Waals surface area contributed by atoms with E-state index in [0.717, 1.165) is 50.2 Å². The van der Waals surface area contributed by atoms with Crippen LogP contribution < -0.4 is 26.8 Å². The summed E-state index contributed by atoms with van der Waals surface area (Å²) in [6, 6.07) is 2.86. The lowest BCUT2D eigenvalue weighted by Crippen LogP contribution is -2.43. The third kappa shape index (κ3) is 5.69. The Morgan fingerprint density at radius 3 is 2.67 bits per heavy atom. The summed E-state index contributed by atoms with van der Waals surface area (Å²) in [5.41, 5.74) is 13.2. The summed E-state index contributed by atoms with van der Waals surface area (Å²) in [5, 5.41) is 6.21. The predicted octanol–water partition coefficient (Wildman–Crippen LogP) is 3.04. The minimum atomic E-state index is -0.778. The standard InChI is InChI=1S/C23H31FN6O3/c1-32-8-9-33-23-15(13-6-7-13)10-14(12-27-23)28-21-16(20(26)31)11-17(24)22(30-21)29-19-5-3-2-4-18(19)25/h10-13,18-19H,2-9,25H2,1H3,(H2,26,31)(H2,28,29,30)/t18-,19+/m0/s1. The number of amides is 1. The quantitative estimate of drug-likeness (QED) is 0.399. The van der Waals surface area contributed by atoms with Gasteiger partial charge in [-0.2, -0.15) is 0 Å². The number of hydrogen-bond acceptors (Lipinski definition) is 8. The number of carbonyl (C=O) groups excluding carboxylic acids is 1. The van der Waals surface area contributed by atoms with Gasteiger partial charge in [0.25, 0.3) is 5.91 Å². The van der Waals surface area contributed by atoms with Gasteiger partial charge in [0, 0.05) is 24.8 Å². The molecule has 2 aromatic rings. The Labute approximate surface area is 192 Å². The third-order valence-corrected chi connectivity index (χ3v) is 6.07. The van der Waals surface area contributed by atoms with Crippen LogP contribution in [0.1, 0.15) is 60.4 Å². The van der Waals surface area contributed by atoms with Gasteiger partial charge >= 0.3 is 0 Å². The molecule has 9 nitrogen and oxygen atoms in total. The lowest BCUT2D eigenvalue weighted by atomic mass is 9.91. The van der Waals surface area contributed by atoms with E-state index >= 15 is 0 Å². The molecule has 0 saturated heterocycles. The molecule has 178 valence electrons. The molecule has 1 amide bonds. The van der Waals surface area contributed by atoms with Crippen LogP contribution in [0.25, 0.3) is 0 Å². The summed E-state index contributed by atoms with van der Waals surface area (Å²) in [5.74, 6) is -0.285. The van der Waals surface area contributed by atoms with Crippen molar-refractivity contribution in [1.82, 2.24) is 9.97 Å². The second-order valence-electron chi connectivity index (χ2n) is 8.64. The van der Waals surface area contributed by atoms with E-state index in [1.807, 2.05) is 6.07 Å². The van der Waals surface area contributed by atoms with Crippen molar-refractivity contribution >= 4 is 23.2 Å². The molecule has 2 heterocycles. The Morgan fingerprint density at radius 1 is 1.18 bits per heavy atom. The summed E-state index contributed by atoms with van der Waals surface area (Å²) >= 11 is 0. The summed E-state index contributed by atoms with van der Waals surface area (Å²) < 4.78 is 25.5. The topological polar surface area (TPSA) is 137 Å². The fourth-order valence-corrected chi connectivity index (χ4v) is 4.09. The van der Waals surface area contributed by atoms with Crippen LogP contribution in [0.4, 0.5) is 21.7 Å². The second kappa shape index (κ2) is 10.3. The molecule has 10 heteroatoms. The van der Waals surface area contributed by atoms with E-state index in [1.165, 1.54) is 0 Å². The number of nitrogens with two attached hydrogens (primary N) is 2. The van der Waals surface area contributed by atoms with E-state index in [2.05, 4.69) is 20.6 Å². The zero-order valence-electron chi connectivity index (χ0n) is 18.8. The molecule has 2 fully saturated rings. The zero-order valence-corrected chi connectivity index (χ0v) is 18.8. The number of methoxy groups -OCH3 is 1. The number of nitrogens with one attached hydrogen (secondary N) is 2. The summed E-state index contributed by atoms with van der Waals surface area (Å²) in [6.07, 6.45) is 7.50. The minimum absolute atomic E-state index is 0.0414. The monoisotopic (exact) mass is 458 g/mol. The SMILES string of the molecule is COCCOc1ncc(Nc2nc(N[C@@H]3CCCC[C@@H]3N)c(F)cc2C(N)=O)cc1C1CC1. The van der Waals surface area contributed by atoms with Crippen molar-refractivity contribution in [1.29, 1.82) is 0 Å². The molecule has 4 rings (SSSR count). The molecular weight excluding hydrogens is 427 g/mol. The molecule has 0 aromatic carbocycles. The molecule has 2 saturated carbocycles. The van der Waals surface area contributed by atoms with Crippen molar-refractivity contribution in [3.8, 4) is 5.88 Å². The second-order valence-corrected chi connectivity index (χ2v) is 8.64. The van der Waals surface area contributed by atoms with Gasteiger partial charge in [0.15, 0.2) is 11.6 Å². The predicted molar refractivity (Wildman–Crippen MR) is 123 cm³/mol. The number of halogens is 1. The molecule has 2 aromatic heterocycles. The Bertz CT molecular complexity index is 1000. The molecule has 0 radical (unpaired) electrons. The Hall–Kier alpha value is -2.98. The first-order valence-electron chi connectivity index (χ1n) is 11.4. The summed E-state index contributed by atoms with van der Waals surface area (Å²) in [6.45, 7) is 0.868. The number of carbonyl (C=O) groups is 1. The maximum absolute atomic E-state index is 14.7. The number of primary amides is 1. The number of anilines is 3. The van der Waals surface area contributed by atoms with Gasteiger partial charge in [0.05, 0.1) is 24.1 Å². The first kappa shape index (κ1) is 23.2. The number of rotatable bonds is 10. The molecule has 2 aliphatic rings. The van der Waals surface area contributed by atoms with Crippen molar-refractivity contribution in [2.75, 3.05) is 31.0 Å². The van der Waals surface area contributed by atoms with E-state index in [-0.39, 0.29) is 29.3 Å². The molecule has 0 unspecified atom stereocenters. The van der Waals surface area contributed by atoms with Gasteiger partial charge in [-0.1, -0.05) is 12.8 Å². The molecule has 0 aliphatic heterocycles. The highest BCUT2D eigenvalue weighted by Gasteiger charge is 2.29. The van der Waals surface area contributed by atoms with E-state index in [0.29, 0.717) is 30.7 Å². The van der Waals surface area contributed by atoms with Gasteiger partial charge in [-0.3, -0.25) is 4.79 Å². The van der Waals surface area contributed by atoms with Crippen molar-refractivity contribution in [3.63, 3.8) is 0 Å². The van der Waals surface area contributed by atoms with Gasteiger partial charge in [0.1, 0.15) is 12.4 Å². The average Bonchev–Trinajstić information content (AvgIpc) is 3.63. The lowest BCUT2D eigenvalue weighted by molar-refractivity contribution is 0.100. The van der Waals surface area contributed by atoms with E-state index in [1.54, 1.807) is 13.3 Å². The Balaban J connectivity index is 1.59. The van der Waals surface area contributed by atoms with Crippen molar-refractivity contribution in [2.45, 2.75) is 56.5 Å². The molecule has 2 atom stereocenters. The van der Waals surface area contributed by atoms with Crippen LogP contribution in [0.2, 0.25) is 0 Å². The van der Waals surface area contributed by atoms with Gasteiger partial charge in [-0.25, -0.2) is 14.4 Å². The van der Waals surface area contributed by atoms with E-state index in [9.17, 15) is 9.18 Å². The van der Waals surface area contributed by atoms with E-state index < -0.39 is 11.7 Å². The fraction of sp³-hybridized carbons (Fsp3) is 0.522. The highest BCUT2D eigenvalue weighted by molar-refractivity contribution is 5.98. The van der Waals surface area contributed by atoms with Crippen LogP contribution >= 0.6 is 0 Å². The average molecular weight is 459 g/mol. The van der Waals surface area contributed by atoms with Crippen molar-refractivity contribution < 1.29 is 18.7 Å². The lowest BCUT2D eigenvalue weighted by Gasteiger charge is -2.30. The minimum Gasteiger partial charge on any atom is -0.475 e. The summed E-state index contributed by atoms with van der Waals surface area (Å²) in [7, 11) is 1.61.